The van der Waals surface area contributed by atoms with Gasteiger partial charge in [0.2, 0.25) is 0 Å². The summed E-state index contributed by atoms with van der Waals surface area (Å²) in [5.41, 5.74) is 4.03. The van der Waals surface area contributed by atoms with Gasteiger partial charge in [-0.2, -0.15) is 0 Å². The summed E-state index contributed by atoms with van der Waals surface area (Å²) < 4.78 is 0. The Bertz CT molecular complexity index is 516. The highest BCUT2D eigenvalue weighted by Gasteiger charge is 2.09. The van der Waals surface area contributed by atoms with Crippen LogP contribution in [0.15, 0.2) is 67.3 Å². The van der Waals surface area contributed by atoms with Crippen LogP contribution in [0.25, 0.3) is 0 Å². The van der Waals surface area contributed by atoms with Crippen LogP contribution in [-0.2, 0) is 13.0 Å². The molecule has 2 aromatic carbocycles. The van der Waals surface area contributed by atoms with Gasteiger partial charge >= 0.3 is 0 Å². The summed E-state index contributed by atoms with van der Waals surface area (Å²) in [5.74, 6) is 0. The molecular weight excluding hydrogens is 230 g/mol. The van der Waals surface area contributed by atoms with Crippen LogP contribution in [0.2, 0.25) is 0 Å². The van der Waals surface area contributed by atoms with E-state index in [1.807, 2.05) is 6.08 Å². The summed E-state index contributed by atoms with van der Waals surface area (Å²) in [6.07, 6.45) is 3.02. The molecule has 0 aliphatic carbocycles. The van der Waals surface area contributed by atoms with Crippen molar-refractivity contribution in [3.05, 3.63) is 78.4 Å². The van der Waals surface area contributed by atoms with Gasteiger partial charge in [0.05, 0.1) is 0 Å². The number of hydrogen-bond acceptors (Lipinski definition) is 1. The minimum absolute atomic E-state index is 0.867. The van der Waals surface area contributed by atoms with Gasteiger partial charge in [-0.05, 0) is 23.6 Å². The molecule has 2 rings (SSSR count). The summed E-state index contributed by atoms with van der Waals surface area (Å²) in [4.78, 5) is 2.38. The first-order valence-electron chi connectivity index (χ1n) is 6.82. The van der Waals surface area contributed by atoms with Crippen molar-refractivity contribution in [2.45, 2.75) is 19.9 Å². The van der Waals surface area contributed by atoms with Crippen LogP contribution in [0.3, 0.4) is 0 Å². The Labute approximate surface area is 116 Å². The molecule has 0 heterocycles. The summed E-state index contributed by atoms with van der Waals surface area (Å²) in [7, 11) is 0. The SMILES string of the molecule is C=CCN(Cc1ccccc1)c1ccccc1CC. The molecule has 0 amide bonds. The van der Waals surface area contributed by atoms with Crippen LogP contribution in [0.5, 0.6) is 0 Å². The van der Waals surface area contributed by atoms with E-state index < -0.39 is 0 Å². The van der Waals surface area contributed by atoms with Crippen molar-refractivity contribution < 1.29 is 0 Å². The Kier molecular flexibility index (Phi) is 4.79. The zero-order chi connectivity index (χ0) is 13.5. The Morgan fingerprint density at radius 2 is 1.68 bits per heavy atom. The molecule has 1 nitrogen and oxygen atoms in total. The van der Waals surface area contributed by atoms with Gasteiger partial charge in [0.15, 0.2) is 0 Å². The lowest BCUT2D eigenvalue weighted by Gasteiger charge is -2.26. The highest BCUT2D eigenvalue weighted by Crippen LogP contribution is 2.22. The number of hydrogen-bond donors (Lipinski definition) is 0. The zero-order valence-electron chi connectivity index (χ0n) is 11.5. The Hall–Kier alpha value is -2.02. The van der Waals surface area contributed by atoms with Gasteiger partial charge in [0.25, 0.3) is 0 Å². The average molecular weight is 251 g/mol. The van der Waals surface area contributed by atoms with Gasteiger partial charge in [-0.25, -0.2) is 0 Å². The maximum Gasteiger partial charge on any atom is 0.0433 e. The highest BCUT2D eigenvalue weighted by molar-refractivity contribution is 5.54. The van der Waals surface area contributed by atoms with E-state index in [0.717, 1.165) is 19.5 Å². The average Bonchev–Trinajstić information content (AvgIpc) is 2.48. The molecule has 0 radical (unpaired) electrons. The van der Waals surface area contributed by atoms with Crippen molar-refractivity contribution in [2.75, 3.05) is 11.4 Å². The van der Waals surface area contributed by atoms with Crippen LogP contribution in [0, 0.1) is 0 Å². The van der Waals surface area contributed by atoms with E-state index in [0.29, 0.717) is 0 Å². The second kappa shape index (κ2) is 6.79. The summed E-state index contributed by atoms with van der Waals surface area (Å²) in [6, 6.07) is 19.2. The first-order chi connectivity index (χ1) is 9.35. The van der Waals surface area contributed by atoms with Gasteiger partial charge in [0.1, 0.15) is 0 Å². The van der Waals surface area contributed by atoms with Crippen molar-refractivity contribution in [3.8, 4) is 0 Å². The number of aryl methyl sites for hydroxylation is 1. The van der Waals surface area contributed by atoms with E-state index in [-0.39, 0.29) is 0 Å². The molecule has 0 aliphatic heterocycles. The van der Waals surface area contributed by atoms with E-state index in [2.05, 4.69) is 73.0 Å². The van der Waals surface area contributed by atoms with E-state index >= 15 is 0 Å². The van der Waals surface area contributed by atoms with Crippen molar-refractivity contribution in [3.63, 3.8) is 0 Å². The van der Waals surface area contributed by atoms with Crippen molar-refractivity contribution >= 4 is 5.69 Å². The highest BCUT2D eigenvalue weighted by atomic mass is 15.1. The van der Waals surface area contributed by atoms with Gasteiger partial charge < -0.3 is 4.90 Å². The molecule has 19 heavy (non-hydrogen) atoms. The lowest BCUT2D eigenvalue weighted by Crippen LogP contribution is -2.23. The lowest BCUT2D eigenvalue weighted by molar-refractivity contribution is 0.857. The van der Waals surface area contributed by atoms with Crippen LogP contribution in [0.1, 0.15) is 18.1 Å². The third-order valence-corrected chi connectivity index (χ3v) is 3.28. The topological polar surface area (TPSA) is 3.24 Å². The van der Waals surface area contributed by atoms with Crippen LogP contribution < -0.4 is 4.90 Å². The second-order valence-corrected chi connectivity index (χ2v) is 4.64. The molecule has 0 spiro atoms. The molecule has 0 atom stereocenters. The summed E-state index contributed by atoms with van der Waals surface area (Å²) >= 11 is 0. The predicted octanol–water partition coefficient (Wildman–Crippen LogP) is 4.44. The molecule has 0 unspecified atom stereocenters. The molecule has 2 aromatic rings. The van der Waals surface area contributed by atoms with Crippen LogP contribution in [-0.4, -0.2) is 6.54 Å². The quantitative estimate of drug-likeness (QED) is 0.686. The molecular formula is C18H21N. The minimum Gasteiger partial charge on any atom is -0.363 e. The Morgan fingerprint density at radius 3 is 2.37 bits per heavy atom. The number of para-hydroxylation sites is 1. The van der Waals surface area contributed by atoms with Gasteiger partial charge in [-0.3, -0.25) is 0 Å². The van der Waals surface area contributed by atoms with Gasteiger partial charge in [-0.15, -0.1) is 6.58 Å². The second-order valence-electron chi connectivity index (χ2n) is 4.64. The van der Waals surface area contributed by atoms with Crippen molar-refractivity contribution in [1.82, 2.24) is 0 Å². The number of benzene rings is 2. The minimum atomic E-state index is 0.867. The molecule has 0 aliphatic rings. The molecule has 0 saturated carbocycles. The molecule has 1 heteroatoms. The molecule has 0 aromatic heterocycles. The van der Waals surface area contributed by atoms with Crippen molar-refractivity contribution in [1.29, 1.82) is 0 Å². The molecule has 0 saturated heterocycles. The van der Waals surface area contributed by atoms with E-state index in [1.54, 1.807) is 0 Å². The number of rotatable bonds is 6. The number of nitrogens with zero attached hydrogens (tertiary/aromatic N) is 1. The lowest BCUT2D eigenvalue weighted by atomic mass is 10.1. The summed E-state index contributed by atoms with van der Waals surface area (Å²) in [5, 5.41) is 0. The third-order valence-electron chi connectivity index (χ3n) is 3.28. The van der Waals surface area contributed by atoms with Gasteiger partial charge in [0, 0.05) is 18.8 Å². The predicted molar refractivity (Wildman–Crippen MR) is 83.5 cm³/mol. The van der Waals surface area contributed by atoms with E-state index in [1.165, 1.54) is 16.8 Å². The fourth-order valence-electron chi connectivity index (χ4n) is 2.33. The van der Waals surface area contributed by atoms with Crippen LogP contribution in [0.4, 0.5) is 5.69 Å². The van der Waals surface area contributed by atoms with Crippen molar-refractivity contribution in [2.24, 2.45) is 0 Å². The van der Waals surface area contributed by atoms with E-state index in [4.69, 9.17) is 0 Å². The molecule has 0 N–H and O–H groups in total. The number of anilines is 1. The first-order valence-corrected chi connectivity index (χ1v) is 6.82. The zero-order valence-corrected chi connectivity index (χ0v) is 11.5. The first kappa shape index (κ1) is 13.4. The van der Waals surface area contributed by atoms with Crippen LogP contribution >= 0.6 is 0 Å². The summed E-state index contributed by atoms with van der Waals surface area (Å²) in [6.45, 7) is 7.87. The van der Waals surface area contributed by atoms with Gasteiger partial charge in [-0.1, -0.05) is 61.5 Å². The maximum absolute atomic E-state index is 3.88. The van der Waals surface area contributed by atoms with E-state index in [9.17, 15) is 0 Å². The maximum atomic E-state index is 3.88. The smallest absolute Gasteiger partial charge is 0.0433 e. The fourth-order valence-corrected chi connectivity index (χ4v) is 2.33. The Morgan fingerprint density at radius 1 is 1.00 bits per heavy atom. The Balaban J connectivity index is 2.27. The fraction of sp³-hybridized carbons (Fsp3) is 0.222. The monoisotopic (exact) mass is 251 g/mol. The largest absolute Gasteiger partial charge is 0.363 e. The molecule has 0 fully saturated rings. The normalized spacial score (nSPS) is 10.2. The molecule has 0 bridgehead atoms. The third kappa shape index (κ3) is 3.47. The molecule has 98 valence electrons. The standard InChI is InChI=1S/C18H21N/c1-3-14-19(15-16-10-6-5-7-11-16)18-13-9-8-12-17(18)4-2/h3,5-13H,1,4,14-15H2,2H3.